The molecule has 0 amide bonds. The van der Waals surface area contributed by atoms with E-state index in [9.17, 15) is 4.39 Å². The van der Waals surface area contributed by atoms with Gasteiger partial charge < -0.3 is 15.5 Å². The summed E-state index contributed by atoms with van der Waals surface area (Å²) in [7, 11) is 0. The van der Waals surface area contributed by atoms with Crippen LogP contribution < -0.4 is 5.32 Å². The molecule has 0 atom stereocenters. The van der Waals surface area contributed by atoms with E-state index in [0.29, 0.717) is 12.1 Å². The molecule has 3 N–H and O–H groups in total. The van der Waals surface area contributed by atoms with Gasteiger partial charge in [0.05, 0.1) is 19.3 Å². The van der Waals surface area contributed by atoms with Crippen LogP contribution in [0.4, 0.5) is 4.39 Å². The maximum absolute atomic E-state index is 13.6. The topological polar surface area (TPSA) is 52.5 Å². The van der Waals surface area contributed by atoms with E-state index in [0.717, 1.165) is 0 Å². The van der Waals surface area contributed by atoms with Gasteiger partial charge in [0.1, 0.15) is 5.82 Å². The number of aliphatic hydroxyl groups excluding tert-OH is 2. The van der Waals surface area contributed by atoms with Crippen LogP contribution in [0.5, 0.6) is 0 Å². The Labute approximate surface area is 101 Å². The highest BCUT2D eigenvalue weighted by Crippen LogP contribution is 2.24. The molecule has 0 saturated heterocycles. The van der Waals surface area contributed by atoms with Crippen LogP contribution >= 0.6 is 0 Å². The Morgan fingerprint density at radius 1 is 1.24 bits per heavy atom. The summed E-state index contributed by atoms with van der Waals surface area (Å²) in [5.74, 6) is -0.233. The van der Waals surface area contributed by atoms with Crippen molar-refractivity contribution in [3.05, 3.63) is 35.6 Å². The Morgan fingerprint density at radius 2 is 1.82 bits per heavy atom. The summed E-state index contributed by atoms with van der Waals surface area (Å²) < 4.78 is 13.6. The minimum atomic E-state index is -0.395. The fraction of sp³-hybridized carbons (Fsp3) is 0.538. The van der Waals surface area contributed by atoms with Crippen molar-refractivity contribution < 1.29 is 14.6 Å². The van der Waals surface area contributed by atoms with Crippen molar-refractivity contribution in [2.45, 2.75) is 25.3 Å². The molecule has 0 bridgehead atoms. The summed E-state index contributed by atoms with van der Waals surface area (Å²) in [5, 5.41) is 20.9. The molecule has 1 aromatic carbocycles. The molecule has 0 spiro atoms. The lowest BCUT2D eigenvalue weighted by Crippen LogP contribution is -2.43. The second-order valence-corrected chi connectivity index (χ2v) is 4.81. The summed E-state index contributed by atoms with van der Waals surface area (Å²) in [4.78, 5) is 0. The normalized spacial score (nSPS) is 12.1. The molecule has 0 aliphatic rings. The average molecular weight is 241 g/mol. The quantitative estimate of drug-likeness (QED) is 0.697. The molecule has 1 rings (SSSR count). The van der Waals surface area contributed by atoms with Gasteiger partial charge in [0.15, 0.2) is 0 Å². The fourth-order valence-corrected chi connectivity index (χ4v) is 1.69. The molecule has 0 radical (unpaired) electrons. The van der Waals surface area contributed by atoms with E-state index in [4.69, 9.17) is 10.2 Å². The number of hydrogen-bond acceptors (Lipinski definition) is 3. The van der Waals surface area contributed by atoms with Crippen LogP contribution in [-0.4, -0.2) is 36.0 Å². The number of rotatable bonds is 6. The first kappa shape index (κ1) is 14.1. The van der Waals surface area contributed by atoms with Crippen LogP contribution in [-0.2, 0) is 5.41 Å². The Kier molecular flexibility index (Phi) is 5.05. The van der Waals surface area contributed by atoms with Crippen LogP contribution in [0.25, 0.3) is 0 Å². The number of halogens is 1. The zero-order valence-corrected chi connectivity index (χ0v) is 10.3. The average Bonchev–Trinajstić information content (AvgIpc) is 2.30. The summed E-state index contributed by atoms with van der Waals surface area (Å²) >= 11 is 0. The third-order valence-corrected chi connectivity index (χ3v) is 2.88. The van der Waals surface area contributed by atoms with E-state index in [1.54, 1.807) is 18.2 Å². The van der Waals surface area contributed by atoms with Crippen molar-refractivity contribution in [3.8, 4) is 0 Å². The first-order chi connectivity index (χ1) is 8.01. The summed E-state index contributed by atoms with van der Waals surface area (Å²) in [6.45, 7) is 4.06. The van der Waals surface area contributed by atoms with Crippen LogP contribution in [0.15, 0.2) is 24.3 Å². The first-order valence-electron chi connectivity index (χ1n) is 5.71. The third kappa shape index (κ3) is 3.77. The largest absolute Gasteiger partial charge is 0.395 e. The van der Waals surface area contributed by atoms with Gasteiger partial charge in [0.25, 0.3) is 0 Å². The lowest BCUT2D eigenvalue weighted by molar-refractivity contribution is 0.166. The first-order valence-corrected chi connectivity index (χ1v) is 5.71. The molecule has 0 aliphatic heterocycles. The summed E-state index contributed by atoms with van der Waals surface area (Å²) in [6.07, 6.45) is 0. The minimum Gasteiger partial charge on any atom is -0.395 e. The number of aliphatic hydroxyl groups is 2. The van der Waals surface area contributed by atoms with Gasteiger partial charge in [-0.25, -0.2) is 4.39 Å². The van der Waals surface area contributed by atoms with Crippen molar-refractivity contribution in [1.29, 1.82) is 0 Å². The van der Waals surface area contributed by atoms with Gasteiger partial charge in [-0.15, -0.1) is 0 Å². The molecular formula is C13H20FNO2. The van der Waals surface area contributed by atoms with E-state index in [-0.39, 0.29) is 25.1 Å². The van der Waals surface area contributed by atoms with Crippen molar-refractivity contribution in [2.75, 3.05) is 19.8 Å². The van der Waals surface area contributed by atoms with Crippen LogP contribution in [0.2, 0.25) is 0 Å². The zero-order chi connectivity index (χ0) is 12.9. The molecule has 0 unspecified atom stereocenters. The predicted molar refractivity (Wildman–Crippen MR) is 65.4 cm³/mol. The van der Waals surface area contributed by atoms with E-state index < -0.39 is 5.41 Å². The Balaban J connectivity index is 2.71. The monoisotopic (exact) mass is 241 g/mol. The van der Waals surface area contributed by atoms with E-state index in [1.165, 1.54) is 6.07 Å². The summed E-state index contributed by atoms with van der Waals surface area (Å²) in [5.41, 5.74) is 0.232. The minimum absolute atomic E-state index is 0.135. The fourth-order valence-electron chi connectivity index (χ4n) is 1.69. The second kappa shape index (κ2) is 6.10. The van der Waals surface area contributed by atoms with Crippen molar-refractivity contribution >= 4 is 0 Å². The van der Waals surface area contributed by atoms with Gasteiger partial charge in [-0.05, 0) is 11.6 Å². The standard InChI is InChI=1S/C13H20FNO2/c1-13(2,9-15-10(7-16)8-17)11-5-3-4-6-12(11)14/h3-6,10,15-17H,7-9H2,1-2H3. The number of hydrogen-bond donors (Lipinski definition) is 3. The van der Waals surface area contributed by atoms with Gasteiger partial charge in [-0.3, -0.25) is 0 Å². The van der Waals surface area contributed by atoms with Crippen LogP contribution in [0, 0.1) is 5.82 Å². The van der Waals surface area contributed by atoms with Crippen molar-refractivity contribution in [1.82, 2.24) is 5.32 Å². The predicted octanol–water partition coefficient (Wildman–Crippen LogP) is 1.05. The molecule has 0 fully saturated rings. The molecule has 4 heteroatoms. The third-order valence-electron chi connectivity index (χ3n) is 2.88. The van der Waals surface area contributed by atoms with Crippen LogP contribution in [0.3, 0.4) is 0 Å². The molecule has 0 aromatic heterocycles. The highest BCUT2D eigenvalue weighted by Gasteiger charge is 2.24. The van der Waals surface area contributed by atoms with Crippen molar-refractivity contribution in [2.24, 2.45) is 0 Å². The number of benzene rings is 1. The van der Waals surface area contributed by atoms with Crippen molar-refractivity contribution in [3.63, 3.8) is 0 Å². The Morgan fingerprint density at radius 3 is 2.35 bits per heavy atom. The molecule has 0 heterocycles. The lowest BCUT2D eigenvalue weighted by Gasteiger charge is -2.28. The van der Waals surface area contributed by atoms with Gasteiger partial charge in [0, 0.05) is 12.0 Å². The molecule has 0 saturated carbocycles. The SMILES string of the molecule is CC(C)(CNC(CO)CO)c1ccccc1F. The van der Waals surface area contributed by atoms with E-state index in [1.807, 2.05) is 13.8 Å². The second-order valence-electron chi connectivity index (χ2n) is 4.81. The molecule has 1 aromatic rings. The molecule has 0 aliphatic carbocycles. The van der Waals surface area contributed by atoms with Gasteiger partial charge >= 0.3 is 0 Å². The molecular weight excluding hydrogens is 221 g/mol. The van der Waals surface area contributed by atoms with Crippen LogP contribution in [0.1, 0.15) is 19.4 Å². The molecule has 17 heavy (non-hydrogen) atoms. The van der Waals surface area contributed by atoms with Gasteiger partial charge in [0.2, 0.25) is 0 Å². The zero-order valence-electron chi connectivity index (χ0n) is 10.3. The van der Waals surface area contributed by atoms with E-state index >= 15 is 0 Å². The maximum atomic E-state index is 13.6. The Bertz CT molecular complexity index is 351. The lowest BCUT2D eigenvalue weighted by atomic mass is 9.84. The highest BCUT2D eigenvalue weighted by molar-refractivity contribution is 5.25. The highest BCUT2D eigenvalue weighted by atomic mass is 19.1. The van der Waals surface area contributed by atoms with Gasteiger partial charge in [-0.1, -0.05) is 32.0 Å². The molecule has 96 valence electrons. The van der Waals surface area contributed by atoms with E-state index in [2.05, 4.69) is 5.32 Å². The van der Waals surface area contributed by atoms with Gasteiger partial charge in [-0.2, -0.15) is 0 Å². The smallest absolute Gasteiger partial charge is 0.126 e. The molecule has 3 nitrogen and oxygen atoms in total. The number of nitrogens with one attached hydrogen (secondary N) is 1. The summed E-state index contributed by atoms with van der Waals surface area (Å²) in [6, 6.07) is 6.29. The maximum Gasteiger partial charge on any atom is 0.126 e. The Hall–Kier alpha value is -0.970.